The Morgan fingerprint density at radius 1 is 1.28 bits per heavy atom. The lowest BCUT2D eigenvalue weighted by Crippen LogP contribution is -2.26. The van der Waals surface area contributed by atoms with Crippen LogP contribution in [0.2, 0.25) is 0 Å². The zero-order valence-corrected chi connectivity index (χ0v) is 11.9. The summed E-state index contributed by atoms with van der Waals surface area (Å²) in [5, 5.41) is 2.93. The molecule has 1 amide bonds. The van der Waals surface area contributed by atoms with E-state index in [9.17, 15) is 4.79 Å². The van der Waals surface area contributed by atoms with Crippen molar-refractivity contribution < 1.29 is 4.79 Å². The number of carbonyl (C=O) groups is 1. The Balaban J connectivity index is 0.00000289. The molecule has 1 aromatic carbocycles. The number of nitrogen functional groups attached to an aromatic ring is 1. The third-order valence-corrected chi connectivity index (χ3v) is 2.62. The lowest BCUT2D eigenvalue weighted by molar-refractivity contribution is -0.120. The van der Waals surface area contributed by atoms with Gasteiger partial charge in [-0.2, -0.15) is 0 Å². The van der Waals surface area contributed by atoms with Crippen molar-refractivity contribution in [1.29, 1.82) is 0 Å². The molecule has 0 aliphatic heterocycles. The molecular formula is C14H23ClN2O. The van der Waals surface area contributed by atoms with Crippen molar-refractivity contribution in [2.75, 3.05) is 12.3 Å². The normalized spacial score (nSPS) is 9.94. The maximum absolute atomic E-state index is 11.6. The van der Waals surface area contributed by atoms with Crippen molar-refractivity contribution in [3.05, 3.63) is 29.8 Å². The molecule has 0 atom stereocenters. The Morgan fingerprint density at radius 3 is 2.44 bits per heavy atom. The molecule has 18 heavy (non-hydrogen) atoms. The molecular weight excluding hydrogens is 248 g/mol. The van der Waals surface area contributed by atoms with E-state index in [1.165, 1.54) is 0 Å². The number of carbonyl (C=O) groups excluding carboxylic acids is 1. The molecule has 0 aliphatic carbocycles. The number of halogens is 1. The zero-order valence-electron chi connectivity index (χ0n) is 11.1. The van der Waals surface area contributed by atoms with Gasteiger partial charge in [-0.1, -0.05) is 26.0 Å². The summed E-state index contributed by atoms with van der Waals surface area (Å²) < 4.78 is 0. The molecule has 0 fully saturated rings. The highest BCUT2D eigenvalue weighted by atomic mass is 35.5. The van der Waals surface area contributed by atoms with E-state index in [4.69, 9.17) is 5.73 Å². The molecule has 102 valence electrons. The highest BCUT2D eigenvalue weighted by Gasteiger charge is 2.02. The molecule has 0 saturated heterocycles. The highest BCUT2D eigenvalue weighted by Crippen LogP contribution is 2.06. The molecule has 0 unspecified atom stereocenters. The van der Waals surface area contributed by atoms with Crippen molar-refractivity contribution in [2.45, 2.75) is 33.1 Å². The molecule has 0 saturated carbocycles. The van der Waals surface area contributed by atoms with Gasteiger partial charge in [-0.25, -0.2) is 0 Å². The van der Waals surface area contributed by atoms with Crippen LogP contribution in [0.15, 0.2) is 24.3 Å². The fourth-order valence-electron chi connectivity index (χ4n) is 1.62. The number of nitrogens with one attached hydrogen (secondary N) is 1. The van der Waals surface area contributed by atoms with Gasteiger partial charge in [-0.15, -0.1) is 12.4 Å². The van der Waals surface area contributed by atoms with E-state index in [2.05, 4.69) is 19.2 Å². The van der Waals surface area contributed by atoms with Crippen LogP contribution in [0.25, 0.3) is 0 Å². The maximum atomic E-state index is 11.6. The fourth-order valence-corrected chi connectivity index (χ4v) is 1.62. The van der Waals surface area contributed by atoms with Gasteiger partial charge in [0.05, 0.1) is 6.42 Å². The number of nitrogens with two attached hydrogens (primary N) is 1. The van der Waals surface area contributed by atoms with Crippen molar-refractivity contribution >= 4 is 24.0 Å². The van der Waals surface area contributed by atoms with E-state index in [1.807, 2.05) is 24.3 Å². The number of benzene rings is 1. The zero-order chi connectivity index (χ0) is 12.7. The van der Waals surface area contributed by atoms with Crippen LogP contribution < -0.4 is 11.1 Å². The monoisotopic (exact) mass is 270 g/mol. The minimum Gasteiger partial charge on any atom is -0.399 e. The van der Waals surface area contributed by atoms with E-state index in [0.29, 0.717) is 12.3 Å². The van der Waals surface area contributed by atoms with Gasteiger partial charge in [0.25, 0.3) is 0 Å². The van der Waals surface area contributed by atoms with Crippen LogP contribution >= 0.6 is 12.4 Å². The number of rotatable bonds is 6. The first kappa shape index (κ1) is 16.8. The van der Waals surface area contributed by atoms with Gasteiger partial charge in [0.15, 0.2) is 0 Å². The predicted molar refractivity (Wildman–Crippen MR) is 78.9 cm³/mol. The third-order valence-electron chi connectivity index (χ3n) is 2.62. The van der Waals surface area contributed by atoms with Crippen LogP contribution in [-0.2, 0) is 11.2 Å². The molecule has 0 spiro atoms. The third kappa shape index (κ3) is 7.17. The molecule has 1 aromatic rings. The number of amides is 1. The van der Waals surface area contributed by atoms with Crippen LogP contribution in [0.4, 0.5) is 5.69 Å². The van der Waals surface area contributed by atoms with Crippen LogP contribution in [0.5, 0.6) is 0 Å². The smallest absolute Gasteiger partial charge is 0.224 e. The van der Waals surface area contributed by atoms with Gasteiger partial charge >= 0.3 is 0 Å². The summed E-state index contributed by atoms with van der Waals surface area (Å²) in [5.74, 6) is 0.780. The fraction of sp³-hybridized carbons (Fsp3) is 0.500. The Labute approximate surface area is 116 Å². The summed E-state index contributed by atoms with van der Waals surface area (Å²) >= 11 is 0. The van der Waals surface area contributed by atoms with E-state index in [1.54, 1.807) is 0 Å². The van der Waals surface area contributed by atoms with Gasteiger partial charge < -0.3 is 11.1 Å². The summed E-state index contributed by atoms with van der Waals surface area (Å²) in [7, 11) is 0. The molecule has 0 radical (unpaired) electrons. The van der Waals surface area contributed by atoms with Crippen LogP contribution in [-0.4, -0.2) is 12.5 Å². The maximum Gasteiger partial charge on any atom is 0.224 e. The van der Waals surface area contributed by atoms with Gasteiger partial charge in [0.1, 0.15) is 0 Å². The molecule has 0 heterocycles. The molecule has 1 rings (SSSR count). The first-order valence-corrected chi connectivity index (χ1v) is 6.19. The second-order valence-electron chi connectivity index (χ2n) is 4.80. The van der Waals surface area contributed by atoms with Crippen molar-refractivity contribution in [1.82, 2.24) is 5.32 Å². The number of hydrogen-bond donors (Lipinski definition) is 2. The highest BCUT2D eigenvalue weighted by molar-refractivity contribution is 5.85. The Bertz CT molecular complexity index is 349. The largest absolute Gasteiger partial charge is 0.399 e. The van der Waals surface area contributed by atoms with E-state index in [0.717, 1.165) is 30.6 Å². The van der Waals surface area contributed by atoms with Gasteiger partial charge in [0.2, 0.25) is 5.91 Å². The molecule has 4 heteroatoms. The van der Waals surface area contributed by atoms with Gasteiger partial charge in [-0.3, -0.25) is 4.79 Å². The quantitative estimate of drug-likeness (QED) is 0.617. The van der Waals surface area contributed by atoms with Crippen molar-refractivity contribution in [2.24, 2.45) is 5.92 Å². The minimum absolute atomic E-state index is 0. The molecule has 0 aromatic heterocycles. The van der Waals surface area contributed by atoms with E-state index < -0.39 is 0 Å². The van der Waals surface area contributed by atoms with Crippen molar-refractivity contribution in [3.8, 4) is 0 Å². The second-order valence-corrected chi connectivity index (χ2v) is 4.80. The minimum atomic E-state index is 0. The molecule has 3 nitrogen and oxygen atoms in total. The van der Waals surface area contributed by atoms with Crippen LogP contribution in [0.1, 0.15) is 32.3 Å². The lowest BCUT2D eigenvalue weighted by Gasteiger charge is -2.07. The lowest BCUT2D eigenvalue weighted by atomic mass is 10.1. The van der Waals surface area contributed by atoms with Crippen LogP contribution in [0.3, 0.4) is 0 Å². The summed E-state index contributed by atoms with van der Waals surface area (Å²) in [6.07, 6.45) is 2.63. The number of hydrogen-bond acceptors (Lipinski definition) is 2. The molecule has 0 aliphatic rings. The topological polar surface area (TPSA) is 55.1 Å². The summed E-state index contributed by atoms with van der Waals surface area (Å²) in [4.78, 5) is 11.6. The summed E-state index contributed by atoms with van der Waals surface area (Å²) in [6.45, 7) is 5.15. The number of anilines is 1. The SMILES string of the molecule is CC(C)CCCNC(=O)Cc1ccc(N)cc1.Cl. The Morgan fingerprint density at radius 2 is 1.89 bits per heavy atom. The second kappa shape index (κ2) is 8.81. The first-order chi connectivity index (χ1) is 8.08. The Kier molecular flexibility index (Phi) is 8.21. The summed E-state index contributed by atoms with van der Waals surface area (Å²) in [5.41, 5.74) is 7.31. The van der Waals surface area contributed by atoms with Gasteiger partial charge in [0, 0.05) is 12.2 Å². The van der Waals surface area contributed by atoms with Crippen LogP contribution in [0, 0.1) is 5.92 Å². The van der Waals surface area contributed by atoms with Gasteiger partial charge in [-0.05, 0) is 36.5 Å². The molecule has 0 bridgehead atoms. The predicted octanol–water partition coefficient (Wildman–Crippen LogP) is 2.79. The average molecular weight is 271 g/mol. The van der Waals surface area contributed by atoms with Crippen molar-refractivity contribution in [3.63, 3.8) is 0 Å². The average Bonchev–Trinajstić information content (AvgIpc) is 2.27. The Hall–Kier alpha value is -1.22. The van der Waals surface area contributed by atoms with E-state index >= 15 is 0 Å². The molecule has 3 N–H and O–H groups in total. The standard InChI is InChI=1S/C14H22N2O.ClH/c1-11(2)4-3-9-16-14(17)10-12-5-7-13(15)8-6-12;/h5-8,11H,3-4,9-10,15H2,1-2H3,(H,16,17);1H. The summed E-state index contributed by atoms with van der Waals surface area (Å²) in [6, 6.07) is 7.43. The van der Waals surface area contributed by atoms with E-state index in [-0.39, 0.29) is 18.3 Å². The first-order valence-electron chi connectivity index (χ1n) is 6.19.